The molecule has 0 aliphatic heterocycles. The molecular weight excluding hydrogens is 176 g/mol. The maximum Gasteiger partial charge on any atom is 0.159 e. The molecule has 14 heavy (non-hydrogen) atoms. The van der Waals surface area contributed by atoms with Crippen LogP contribution in [-0.2, 0) is 19.9 Å². The van der Waals surface area contributed by atoms with Gasteiger partial charge in [-0.2, -0.15) is 5.10 Å². The fourth-order valence-corrected chi connectivity index (χ4v) is 2.19. The highest BCUT2D eigenvalue weighted by atomic mass is 15.3. The smallest absolute Gasteiger partial charge is 0.159 e. The van der Waals surface area contributed by atoms with Crippen molar-refractivity contribution in [2.75, 3.05) is 5.73 Å². The van der Waals surface area contributed by atoms with Crippen molar-refractivity contribution in [1.82, 2.24) is 14.8 Å². The van der Waals surface area contributed by atoms with Gasteiger partial charge in [0.15, 0.2) is 5.65 Å². The van der Waals surface area contributed by atoms with Crippen LogP contribution in [0.1, 0.15) is 17.7 Å². The van der Waals surface area contributed by atoms with Gasteiger partial charge in [0.2, 0.25) is 0 Å². The second-order valence-corrected chi connectivity index (χ2v) is 3.81. The fraction of sp³-hybridized carbons (Fsp3) is 0.400. The second kappa shape index (κ2) is 2.47. The maximum absolute atomic E-state index is 6.09. The molecule has 72 valence electrons. The van der Waals surface area contributed by atoms with E-state index in [2.05, 4.69) is 10.1 Å². The number of pyridine rings is 1. The van der Waals surface area contributed by atoms with E-state index < -0.39 is 0 Å². The molecule has 0 amide bonds. The minimum absolute atomic E-state index is 0.885. The van der Waals surface area contributed by atoms with Crippen LogP contribution in [0.2, 0.25) is 0 Å². The number of aromatic nitrogens is 3. The number of nitrogen functional groups attached to an aromatic ring is 1. The van der Waals surface area contributed by atoms with Gasteiger partial charge < -0.3 is 5.73 Å². The van der Waals surface area contributed by atoms with E-state index in [-0.39, 0.29) is 0 Å². The lowest BCUT2D eigenvalue weighted by molar-refractivity contribution is 0.782. The van der Waals surface area contributed by atoms with Gasteiger partial charge in [-0.1, -0.05) is 0 Å². The first-order chi connectivity index (χ1) is 6.77. The number of rotatable bonds is 0. The molecule has 3 rings (SSSR count). The highest BCUT2D eigenvalue weighted by molar-refractivity contribution is 5.90. The van der Waals surface area contributed by atoms with E-state index in [1.165, 1.54) is 17.7 Å². The molecule has 0 spiro atoms. The van der Waals surface area contributed by atoms with Crippen LogP contribution in [0, 0.1) is 0 Å². The minimum atomic E-state index is 0.885. The quantitative estimate of drug-likeness (QED) is 0.672. The topological polar surface area (TPSA) is 56.7 Å². The Bertz CT molecular complexity index is 512. The molecule has 0 saturated carbocycles. The van der Waals surface area contributed by atoms with E-state index in [1.807, 2.05) is 7.05 Å². The number of nitrogens with two attached hydrogens (primary N) is 1. The van der Waals surface area contributed by atoms with Gasteiger partial charge in [-0.25, -0.2) is 4.98 Å². The van der Waals surface area contributed by atoms with Crippen molar-refractivity contribution in [3.8, 4) is 0 Å². The highest BCUT2D eigenvalue weighted by Gasteiger charge is 2.19. The normalized spacial score (nSPS) is 14.9. The molecule has 4 nitrogen and oxygen atoms in total. The van der Waals surface area contributed by atoms with Crippen LogP contribution in [0.5, 0.6) is 0 Å². The van der Waals surface area contributed by atoms with Crippen molar-refractivity contribution in [3.05, 3.63) is 17.5 Å². The average Bonchev–Trinajstić information content (AvgIpc) is 2.75. The number of hydrogen-bond donors (Lipinski definition) is 1. The summed E-state index contributed by atoms with van der Waals surface area (Å²) < 4.78 is 1.78. The molecule has 0 saturated heterocycles. The number of nitrogens with zero attached hydrogens (tertiary/aromatic N) is 3. The fourth-order valence-electron chi connectivity index (χ4n) is 2.19. The standard InChI is InChI=1S/C10H12N4/c1-14-10-7(5-12-14)9(11)6-3-2-4-8(6)13-10/h5H,2-4H2,1H3,(H2,11,13). The molecule has 0 atom stereocenters. The van der Waals surface area contributed by atoms with Gasteiger partial charge in [0, 0.05) is 18.4 Å². The Balaban J connectivity index is 2.45. The summed E-state index contributed by atoms with van der Waals surface area (Å²) in [7, 11) is 1.90. The van der Waals surface area contributed by atoms with E-state index in [0.29, 0.717) is 0 Å². The third kappa shape index (κ3) is 0.828. The molecule has 2 aromatic rings. The van der Waals surface area contributed by atoms with Crippen molar-refractivity contribution in [1.29, 1.82) is 0 Å². The number of aryl methyl sites for hydroxylation is 2. The zero-order chi connectivity index (χ0) is 9.71. The summed E-state index contributed by atoms with van der Waals surface area (Å²) >= 11 is 0. The predicted octanol–water partition coefficient (Wildman–Crippen LogP) is 1.04. The molecule has 4 heteroatoms. The Kier molecular flexibility index (Phi) is 1.37. The zero-order valence-electron chi connectivity index (χ0n) is 8.12. The Morgan fingerprint density at radius 1 is 1.43 bits per heavy atom. The first kappa shape index (κ1) is 7.79. The van der Waals surface area contributed by atoms with Gasteiger partial charge in [-0.3, -0.25) is 4.68 Å². The van der Waals surface area contributed by atoms with Gasteiger partial charge in [-0.05, 0) is 24.8 Å². The monoisotopic (exact) mass is 188 g/mol. The van der Waals surface area contributed by atoms with Crippen LogP contribution >= 0.6 is 0 Å². The first-order valence-corrected chi connectivity index (χ1v) is 4.86. The largest absolute Gasteiger partial charge is 0.398 e. The Morgan fingerprint density at radius 2 is 2.29 bits per heavy atom. The molecule has 2 N–H and O–H groups in total. The van der Waals surface area contributed by atoms with Crippen LogP contribution in [0.15, 0.2) is 6.20 Å². The lowest BCUT2D eigenvalue weighted by Gasteiger charge is -2.04. The molecule has 2 heterocycles. The summed E-state index contributed by atoms with van der Waals surface area (Å²) in [6.07, 6.45) is 5.10. The second-order valence-electron chi connectivity index (χ2n) is 3.81. The van der Waals surface area contributed by atoms with Crippen LogP contribution in [0.4, 0.5) is 5.69 Å². The number of anilines is 1. The lowest BCUT2D eigenvalue weighted by atomic mass is 10.1. The summed E-state index contributed by atoms with van der Waals surface area (Å²) in [5.74, 6) is 0. The molecule has 2 aromatic heterocycles. The third-order valence-corrected chi connectivity index (χ3v) is 2.95. The number of hydrogen-bond acceptors (Lipinski definition) is 3. The van der Waals surface area contributed by atoms with Crippen LogP contribution in [0.3, 0.4) is 0 Å². The molecular formula is C10H12N4. The van der Waals surface area contributed by atoms with Crippen molar-refractivity contribution in [2.24, 2.45) is 7.05 Å². The maximum atomic E-state index is 6.09. The SMILES string of the molecule is Cn1ncc2c(N)c3c(nc21)CCC3. The highest BCUT2D eigenvalue weighted by Crippen LogP contribution is 2.31. The van der Waals surface area contributed by atoms with Crippen LogP contribution < -0.4 is 5.73 Å². The molecule has 1 aliphatic carbocycles. The van der Waals surface area contributed by atoms with E-state index in [0.717, 1.165) is 29.6 Å². The predicted molar refractivity (Wildman–Crippen MR) is 54.9 cm³/mol. The average molecular weight is 188 g/mol. The van der Waals surface area contributed by atoms with E-state index in [4.69, 9.17) is 5.73 Å². The van der Waals surface area contributed by atoms with Crippen molar-refractivity contribution >= 4 is 16.7 Å². The van der Waals surface area contributed by atoms with Crippen LogP contribution in [0.25, 0.3) is 11.0 Å². The summed E-state index contributed by atoms with van der Waals surface area (Å²) in [4.78, 5) is 4.60. The summed E-state index contributed by atoms with van der Waals surface area (Å²) in [6, 6.07) is 0. The minimum Gasteiger partial charge on any atom is -0.398 e. The Hall–Kier alpha value is -1.58. The van der Waals surface area contributed by atoms with Gasteiger partial charge in [0.05, 0.1) is 11.6 Å². The van der Waals surface area contributed by atoms with Crippen molar-refractivity contribution < 1.29 is 0 Å². The molecule has 0 unspecified atom stereocenters. The summed E-state index contributed by atoms with van der Waals surface area (Å²) in [5, 5.41) is 5.17. The summed E-state index contributed by atoms with van der Waals surface area (Å²) in [5.41, 5.74) is 10.3. The Morgan fingerprint density at radius 3 is 3.14 bits per heavy atom. The number of fused-ring (bicyclic) bond motifs is 2. The van der Waals surface area contributed by atoms with E-state index in [9.17, 15) is 0 Å². The van der Waals surface area contributed by atoms with Gasteiger partial charge >= 0.3 is 0 Å². The third-order valence-electron chi connectivity index (χ3n) is 2.95. The molecule has 0 radical (unpaired) electrons. The summed E-state index contributed by atoms with van der Waals surface area (Å²) in [6.45, 7) is 0. The van der Waals surface area contributed by atoms with Gasteiger partial charge in [-0.15, -0.1) is 0 Å². The van der Waals surface area contributed by atoms with E-state index in [1.54, 1.807) is 10.9 Å². The molecule has 1 aliphatic rings. The first-order valence-electron chi connectivity index (χ1n) is 4.86. The lowest BCUT2D eigenvalue weighted by Crippen LogP contribution is -1.99. The Labute approximate surface area is 81.7 Å². The van der Waals surface area contributed by atoms with Crippen LogP contribution in [-0.4, -0.2) is 14.8 Å². The van der Waals surface area contributed by atoms with E-state index >= 15 is 0 Å². The molecule has 0 aromatic carbocycles. The molecule has 0 bridgehead atoms. The van der Waals surface area contributed by atoms with Crippen molar-refractivity contribution in [3.63, 3.8) is 0 Å². The van der Waals surface area contributed by atoms with Crippen molar-refractivity contribution in [2.45, 2.75) is 19.3 Å². The zero-order valence-corrected chi connectivity index (χ0v) is 8.12. The molecule has 0 fully saturated rings. The van der Waals surface area contributed by atoms with Gasteiger partial charge in [0.1, 0.15) is 0 Å². The van der Waals surface area contributed by atoms with Gasteiger partial charge in [0.25, 0.3) is 0 Å².